The molecule has 4 nitrogen and oxygen atoms in total. The first-order chi connectivity index (χ1) is 10.2. The van der Waals surface area contributed by atoms with Crippen molar-refractivity contribution in [1.82, 2.24) is 15.0 Å². The average molecular weight is 320 g/mol. The second-order valence-electron chi connectivity index (χ2n) is 4.77. The van der Waals surface area contributed by atoms with Gasteiger partial charge in [-0.3, -0.25) is 4.90 Å². The topological polar surface area (TPSA) is 42.2 Å². The van der Waals surface area contributed by atoms with Gasteiger partial charge in [0, 0.05) is 22.0 Å². The molecule has 3 aromatic rings. The summed E-state index contributed by atoms with van der Waals surface area (Å²) in [5.41, 5.74) is 0.860. The average Bonchev–Trinajstić information content (AvgIpc) is 3.10. The van der Waals surface area contributed by atoms with Gasteiger partial charge in [-0.25, -0.2) is 0 Å². The molecule has 0 saturated carbocycles. The number of halogens is 1. The van der Waals surface area contributed by atoms with E-state index in [-0.39, 0.29) is 0 Å². The van der Waals surface area contributed by atoms with Gasteiger partial charge < -0.3 is 4.52 Å². The molecule has 0 aliphatic heterocycles. The van der Waals surface area contributed by atoms with Crippen molar-refractivity contribution in [3.8, 4) is 11.4 Å². The molecule has 0 aliphatic carbocycles. The number of nitrogens with zero attached hydrogens (tertiary/aromatic N) is 3. The van der Waals surface area contributed by atoms with Crippen LogP contribution in [-0.2, 0) is 13.1 Å². The minimum absolute atomic E-state index is 0.567. The van der Waals surface area contributed by atoms with Crippen LogP contribution in [0.25, 0.3) is 11.4 Å². The van der Waals surface area contributed by atoms with Gasteiger partial charge in [-0.1, -0.05) is 35.0 Å². The smallest absolute Gasteiger partial charge is 0.241 e. The third kappa shape index (κ3) is 3.69. The van der Waals surface area contributed by atoms with Crippen LogP contribution in [-0.4, -0.2) is 22.1 Å². The molecule has 0 aliphatic rings. The highest BCUT2D eigenvalue weighted by molar-refractivity contribution is 7.09. The summed E-state index contributed by atoms with van der Waals surface area (Å²) < 4.78 is 5.31. The lowest BCUT2D eigenvalue weighted by molar-refractivity contribution is 0.262. The molecule has 6 heteroatoms. The molecule has 0 bridgehead atoms. The molecule has 21 heavy (non-hydrogen) atoms. The second kappa shape index (κ2) is 6.39. The van der Waals surface area contributed by atoms with Gasteiger partial charge in [-0.2, -0.15) is 4.98 Å². The zero-order valence-corrected chi connectivity index (χ0v) is 13.1. The van der Waals surface area contributed by atoms with Crippen molar-refractivity contribution >= 4 is 22.9 Å². The molecule has 0 atom stereocenters. The number of thiophene rings is 1. The monoisotopic (exact) mass is 319 g/mol. The lowest BCUT2D eigenvalue weighted by Crippen LogP contribution is -2.16. The molecule has 0 fully saturated rings. The SMILES string of the molecule is CN(Cc1nc(-c2cccc(Cl)c2)no1)Cc1cccs1. The highest BCUT2D eigenvalue weighted by Gasteiger charge is 2.11. The maximum absolute atomic E-state index is 5.97. The summed E-state index contributed by atoms with van der Waals surface area (Å²) in [6, 6.07) is 11.6. The molecule has 108 valence electrons. The van der Waals surface area contributed by atoms with Gasteiger partial charge in [-0.05, 0) is 30.6 Å². The van der Waals surface area contributed by atoms with E-state index in [9.17, 15) is 0 Å². The van der Waals surface area contributed by atoms with Crippen LogP contribution in [0.2, 0.25) is 5.02 Å². The molecule has 0 unspecified atom stereocenters. The minimum Gasteiger partial charge on any atom is -0.338 e. The molecule has 0 radical (unpaired) electrons. The van der Waals surface area contributed by atoms with Crippen LogP contribution in [0, 0.1) is 0 Å². The van der Waals surface area contributed by atoms with Crippen molar-refractivity contribution in [3.63, 3.8) is 0 Å². The quantitative estimate of drug-likeness (QED) is 0.710. The zero-order valence-electron chi connectivity index (χ0n) is 11.5. The van der Waals surface area contributed by atoms with E-state index >= 15 is 0 Å². The van der Waals surface area contributed by atoms with E-state index in [2.05, 4.69) is 32.6 Å². The molecule has 0 N–H and O–H groups in total. The van der Waals surface area contributed by atoms with Crippen molar-refractivity contribution in [2.24, 2.45) is 0 Å². The Morgan fingerprint density at radius 3 is 2.90 bits per heavy atom. The molecule has 2 aromatic heterocycles. The van der Waals surface area contributed by atoms with E-state index in [4.69, 9.17) is 16.1 Å². The fourth-order valence-electron chi connectivity index (χ4n) is 2.02. The highest BCUT2D eigenvalue weighted by Crippen LogP contribution is 2.20. The summed E-state index contributed by atoms with van der Waals surface area (Å²) in [7, 11) is 2.03. The molecule has 1 aromatic carbocycles. The van der Waals surface area contributed by atoms with Crippen molar-refractivity contribution < 1.29 is 4.52 Å². The predicted octanol–water partition coefficient (Wildman–Crippen LogP) is 4.08. The Bertz CT molecular complexity index is 711. The van der Waals surface area contributed by atoms with Crippen LogP contribution < -0.4 is 0 Å². The molecule has 2 heterocycles. The number of rotatable bonds is 5. The first kappa shape index (κ1) is 14.3. The van der Waals surface area contributed by atoms with Crippen molar-refractivity contribution in [2.75, 3.05) is 7.05 Å². The van der Waals surface area contributed by atoms with Crippen LogP contribution in [0.3, 0.4) is 0 Å². The summed E-state index contributed by atoms with van der Waals surface area (Å²) in [6.45, 7) is 1.48. The van der Waals surface area contributed by atoms with Crippen LogP contribution in [0.15, 0.2) is 46.3 Å². The van der Waals surface area contributed by atoms with Gasteiger partial charge in [-0.15, -0.1) is 11.3 Å². The third-order valence-electron chi connectivity index (χ3n) is 2.96. The Balaban J connectivity index is 1.67. The van der Waals surface area contributed by atoms with E-state index < -0.39 is 0 Å². The van der Waals surface area contributed by atoms with Crippen molar-refractivity contribution in [2.45, 2.75) is 13.1 Å². The van der Waals surface area contributed by atoms with Crippen molar-refractivity contribution in [1.29, 1.82) is 0 Å². The maximum atomic E-state index is 5.97. The normalized spacial score (nSPS) is 11.2. The van der Waals surface area contributed by atoms with Gasteiger partial charge in [0.05, 0.1) is 6.54 Å². The summed E-state index contributed by atoms with van der Waals surface area (Å²) in [4.78, 5) is 7.87. The molecular formula is C15H14ClN3OS. The van der Waals surface area contributed by atoms with E-state index in [0.29, 0.717) is 23.3 Å². The van der Waals surface area contributed by atoms with Crippen LogP contribution in [0.4, 0.5) is 0 Å². The number of benzene rings is 1. The zero-order chi connectivity index (χ0) is 14.7. The number of aromatic nitrogens is 2. The molecule has 0 amide bonds. The summed E-state index contributed by atoms with van der Waals surface area (Å²) in [5, 5.41) is 6.75. The fourth-order valence-corrected chi connectivity index (χ4v) is 2.99. The molecular weight excluding hydrogens is 306 g/mol. The largest absolute Gasteiger partial charge is 0.338 e. The Hall–Kier alpha value is -1.69. The van der Waals surface area contributed by atoms with E-state index in [0.717, 1.165) is 12.1 Å². The summed E-state index contributed by atoms with van der Waals surface area (Å²) >= 11 is 7.71. The summed E-state index contributed by atoms with van der Waals surface area (Å²) in [6.07, 6.45) is 0. The minimum atomic E-state index is 0.567. The molecule has 0 saturated heterocycles. The van der Waals surface area contributed by atoms with Crippen molar-refractivity contribution in [3.05, 3.63) is 57.6 Å². The van der Waals surface area contributed by atoms with Crippen LogP contribution in [0.5, 0.6) is 0 Å². The lowest BCUT2D eigenvalue weighted by atomic mass is 10.2. The van der Waals surface area contributed by atoms with Crippen LogP contribution >= 0.6 is 22.9 Å². The summed E-state index contributed by atoms with van der Waals surface area (Å²) in [5.74, 6) is 1.17. The van der Waals surface area contributed by atoms with E-state index in [1.807, 2.05) is 31.3 Å². The van der Waals surface area contributed by atoms with Crippen LogP contribution in [0.1, 0.15) is 10.8 Å². The van der Waals surface area contributed by atoms with Gasteiger partial charge in [0.1, 0.15) is 0 Å². The predicted molar refractivity (Wildman–Crippen MR) is 84.2 cm³/mol. The Morgan fingerprint density at radius 1 is 1.24 bits per heavy atom. The number of hydrogen-bond acceptors (Lipinski definition) is 5. The fraction of sp³-hybridized carbons (Fsp3) is 0.200. The first-order valence-electron chi connectivity index (χ1n) is 6.50. The Morgan fingerprint density at radius 2 is 2.14 bits per heavy atom. The van der Waals surface area contributed by atoms with Gasteiger partial charge in [0.15, 0.2) is 0 Å². The lowest BCUT2D eigenvalue weighted by Gasteiger charge is -2.12. The van der Waals surface area contributed by atoms with E-state index in [1.54, 1.807) is 11.3 Å². The number of hydrogen-bond donors (Lipinski definition) is 0. The Kier molecular flexibility index (Phi) is 4.34. The van der Waals surface area contributed by atoms with Gasteiger partial charge >= 0.3 is 0 Å². The Labute approximate surface area is 132 Å². The molecule has 0 spiro atoms. The maximum Gasteiger partial charge on any atom is 0.241 e. The van der Waals surface area contributed by atoms with E-state index in [1.165, 1.54) is 4.88 Å². The molecule has 3 rings (SSSR count). The van der Waals surface area contributed by atoms with Gasteiger partial charge in [0.25, 0.3) is 0 Å². The van der Waals surface area contributed by atoms with Gasteiger partial charge in [0.2, 0.25) is 11.7 Å². The third-order valence-corrected chi connectivity index (χ3v) is 4.06. The standard InChI is InChI=1S/C15H14ClN3OS/c1-19(9-13-6-3-7-21-13)10-14-17-15(18-20-14)11-4-2-5-12(16)8-11/h2-8H,9-10H2,1H3. The highest BCUT2D eigenvalue weighted by atomic mass is 35.5. The first-order valence-corrected chi connectivity index (χ1v) is 7.76. The second-order valence-corrected chi connectivity index (χ2v) is 6.24.